The molecule has 0 aliphatic carbocycles. The van der Waals surface area contributed by atoms with E-state index in [-0.39, 0.29) is 50.6 Å². The van der Waals surface area contributed by atoms with Crippen molar-refractivity contribution in [2.24, 2.45) is 5.16 Å². The number of ether oxygens (including phenoxy) is 1. The fourth-order valence-corrected chi connectivity index (χ4v) is 5.38. The number of nitrogens with one attached hydrogen (secondary N) is 2. The normalized spacial score (nSPS) is 21.1. The van der Waals surface area contributed by atoms with E-state index in [4.69, 9.17) is 16.3 Å². The zero-order valence-corrected chi connectivity index (χ0v) is 21.8. The van der Waals surface area contributed by atoms with Crippen LogP contribution in [0.4, 0.5) is 5.13 Å². The predicted molar refractivity (Wildman–Crippen MR) is 107 cm³/mol. The zero-order valence-electron chi connectivity index (χ0n) is 16.6. The third kappa shape index (κ3) is 5.69. The summed E-state index contributed by atoms with van der Waals surface area (Å²) in [7, 11) is -2.90. The minimum atomic E-state index is -5.12. The molecule has 13 nitrogen and oxygen atoms in total. The number of hydrogen-bond donors (Lipinski definition) is 2. The molecule has 2 N–H and O–H groups in total. The molecule has 1 aliphatic heterocycles. The van der Waals surface area contributed by atoms with Gasteiger partial charge in [0.15, 0.2) is 21.1 Å². The van der Waals surface area contributed by atoms with Gasteiger partial charge in [-0.1, -0.05) is 5.16 Å². The Balaban J connectivity index is 0.00000480. The van der Waals surface area contributed by atoms with Crippen LogP contribution in [0, 0.1) is 0 Å². The number of carbonyl (C=O) groups is 3. The predicted octanol–water partition coefficient (Wildman–Crippen LogP) is -3.87. The Morgan fingerprint density at radius 1 is 1.48 bits per heavy atom. The number of alkyl halides is 1. The molecule has 0 spiro atoms. The molecule has 0 unspecified atom stereocenters. The SMILES string of the molecule is CON=C(C(=O)N[C@]1(OC)C(=O)N(S(=O)(=O)[O-])[C@@H]1SC)c1csc(NC(=O)CCl)n1.[Na+]. The van der Waals surface area contributed by atoms with Crippen LogP contribution >= 0.6 is 34.7 Å². The number of rotatable bonds is 9. The van der Waals surface area contributed by atoms with E-state index in [1.165, 1.54) is 11.6 Å². The third-order valence-corrected chi connectivity index (χ3v) is 6.66. The fraction of sp³-hybridized carbons (Fsp3) is 0.462. The molecule has 1 fully saturated rings. The van der Waals surface area contributed by atoms with E-state index in [1.807, 2.05) is 0 Å². The molecule has 2 rings (SSSR count). The number of methoxy groups -OCH3 is 1. The molecule has 31 heavy (non-hydrogen) atoms. The number of carbonyl (C=O) groups excluding carboxylic acids is 3. The fourth-order valence-electron chi connectivity index (χ4n) is 2.43. The minimum absolute atomic E-state index is 0. The smallest absolute Gasteiger partial charge is 0.731 e. The molecule has 1 aromatic rings. The summed E-state index contributed by atoms with van der Waals surface area (Å²) in [6.45, 7) is 0. The van der Waals surface area contributed by atoms with Crippen molar-refractivity contribution in [2.45, 2.75) is 11.1 Å². The molecule has 1 aromatic heterocycles. The molecular weight excluding hydrogens is 509 g/mol. The molecule has 1 aliphatic rings. The van der Waals surface area contributed by atoms with Crippen molar-refractivity contribution in [3.8, 4) is 0 Å². The Morgan fingerprint density at radius 3 is 2.61 bits per heavy atom. The maximum absolute atomic E-state index is 12.8. The van der Waals surface area contributed by atoms with Gasteiger partial charge in [0.1, 0.15) is 24.1 Å². The topological polar surface area (TPSA) is 179 Å². The average molecular weight is 524 g/mol. The number of β-lactam (4-membered cyclic amide) rings is 1. The van der Waals surface area contributed by atoms with Gasteiger partial charge in [0.05, 0.1) is 0 Å². The van der Waals surface area contributed by atoms with Crippen LogP contribution in [0.15, 0.2) is 10.5 Å². The van der Waals surface area contributed by atoms with Crippen molar-refractivity contribution in [1.29, 1.82) is 0 Å². The van der Waals surface area contributed by atoms with Crippen LogP contribution in [0.5, 0.6) is 0 Å². The molecule has 1 saturated heterocycles. The van der Waals surface area contributed by atoms with Crippen LogP contribution in [0.1, 0.15) is 5.69 Å². The van der Waals surface area contributed by atoms with E-state index >= 15 is 0 Å². The van der Waals surface area contributed by atoms with Crippen molar-refractivity contribution >= 4 is 73.6 Å². The summed E-state index contributed by atoms with van der Waals surface area (Å²) in [5.41, 5.74) is -2.54. The first-order valence-electron chi connectivity index (χ1n) is 7.68. The number of amides is 3. The molecule has 166 valence electrons. The summed E-state index contributed by atoms with van der Waals surface area (Å²) in [5.74, 6) is -3.10. The quantitative estimate of drug-likeness (QED) is 0.0618. The van der Waals surface area contributed by atoms with Gasteiger partial charge in [-0.15, -0.1) is 34.7 Å². The molecule has 18 heteroatoms. The van der Waals surface area contributed by atoms with Crippen LogP contribution in [0.2, 0.25) is 0 Å². The number of oxime groups is 1. The van der Waals surface area contributed by atoms with Crippen molar-refractivity contribution in [2.75, 3.05) is 31.7 Å². The van der Waals surface area contributed by atoms with E-state index in [9.17, 15) is 27.4 Å². The molecule has 0 aromatic carbocycles. The molecule has 2 heterocycles. The van der Waals surface area contributed by atoms with Gasteiger partial charge < -0.3 is 24.8 Å². The largest absolute Gasteiger partial charge is 1.00 e. The van der Waals surface area contributed by atoms with Crippen molar-refractivity contribution < 1.29 is 66.5 Å². The molecular formula is C13H15ClN5NaO8S3. The summed E-state index contributed by atoms with van der Waals surface area (Å²) < 4.78 is 39.1. The minimum Gasteiger partial charge on any atom is -0.731 e. The molecule has 0 bridgehead atoms. The van der Waals surface area contributed by atoms with E-state index in [1.54, 1.807) is 0 Å². The average Bonchev–Trinajstić information content (AvgIpc) is 3.14. The maximum Gasteiger partial charge on any atom is 1.00 e. The number of thioether (sulfide) groups is 1. The van der Waals surface area contributed by atoms with Crippen LogP contribution in [-0.4, -0.2) is 83.1 Å². The Bertz CT molecular complexity index is 990. The van der Waals surface area contributed by atoms with E-state index < -0.39 is 44.8 Å². The second-order valence-corrected chi connectivity index (χ2v) is 8.67. The van der Waals surface area contributed by atoms with Gasteiger partial charge in [0.25, 0.3) is 17.5 Å². The Kier molecular flexibility index (Phi) is 10.2. The number of hydrogen-bond acceptors (Lipinski definition) is 12. The van der Waals surface area contributed by atoms with Crippen LogP contribution < -0.4 is 40.2 Å². The molecule has 3 amide bonds. The number of halogens is 1. The van der Waals surface area contributed by atoms with Gasteiger partial charge in [-0.05, 0) is 6.26 Å². The van der Waals surface area contributed by atoms with Crippen molar-refractivity contribution in [3.05, 3.63) is 11.1 Å². The number of thiazole rings is 1. The monoisotopic (exact) mass is 523 g/mol. The number of nitrogens with zero attached hydrogens (tertiary/aromatic N) is 3. The van der Waals surface area contributed by atoms with Gasteiger partial charge in [0.2, 0.25) is 5.91 Å². The Hall–Kier alpha value is -0.980. The first-order valence-corrected chi connectivity index (χ1v) is 11.7. The molecule has 2 atom stereocenters. The van der Waals surface area contributed by atoms with Gasteiger partial charge in [-0.25, -0.2) is 17.7 Å². The number of anilines is 1. The van der Waals surface area contributed by atoms with E-state index in [0.717, 1.165) is 37.3 Å². The number of aromatic nitrogens is 1. The van der Waals surface area contributed by atoms with Crippen LogP contribution in [0.3, 0.4) is 0 Å². The summed E-state index contributed by atoms with van der Waals surface area (Å²) in [5, 5.41) is 8.37. The summed E-state index contributed by atoms with van der Waals surface area (Å²) >= 11 is 7.18. The molecule has 0 saturated carbocycles. The van der Waals surface area contributed by atoms with E-state index in [0.29, 0.717) is 0 Å². The Labute approximate surface area is 212 Å². The van der Waals surface area contributed by atoms with Crippen molar-refractivity contribution in [1.82, 2.24) is 14.6 Å². The second-order valence-electron chi connectivity index (χ2n) is 5.38. The van der Waals surface area contributed by atoms with Crippen LogP contribution in [-0.2, 0) is 34.3 Å². The van der Waals surface area contributed by atoms with Gasteiger partial charge in [0, 0.05) is 12.5 Å². The maximum atomic E-state index is 12.8. The summed E-state index contributed by atoms with van der Waals surface area (Å²) in [4.78, 5) is 45.2. The standard InChI is InChI=1S/C13H16ClN5O8S3.Na/c1-26-13(10(22)19(11(13)28-3)30(23,24)25)17-9(21)8(18-27-2)6-5-29-12(15-6)16-7(20)4-14;/h5,11H,4H2,1-3H3,(H,17,21)(H,15,16,20)(H,23,24,25);/q;+1/p-1/t11-,13+;/m1./s1. The van der Waals surface area contributed by atoms with Crippen LogP contribution in [0.25, 0.3) is 0 Å². The zero-order chi connectivity index (χ0) is 22.7. The van der Waals surface area contributed by atoms with Crippen molar-refractivity contribution in [3.63, 3.8) is 0 Å². The van der Waals surface area contributed by atoms with Gasteiger partial charge >= 0.3 is 29.6 Å². The second kappa shape index (κ2) is 11.2. The third-order valence-electron chi connectivity index (χ3n) is 3.68. The first kappa shape index (κ1) is 28.1. The van der Waals surface area contributed by atoms with Gasteiger partial charge in [-0.3, -0.25) is 14.4 Å². The van der Waals surface area contributed by atoms with Gasteiger partial charge in [-0.2, -0.15) is 0 Å². The summed E-state index contributed by atoms with van der Waals surface area (Å²) in [6, 6.07) is 0. The summed E-state index contributed by atoms with van der Waals surface area (Å²) in [6.07, 6.45) is 1.42. The van der Waals surface area contributed by atoms with E-state index in [2.05, 4.69) is 25.6 Å². The Morgan fingerprint density at radius 2 is 2.13 bits per heavy atom. The first-order chi connectivity index (χ1) is 14.0. The molecule has 0 radical (unpaired) electrons.